The summed E-state index contributed by atoms with van der Waals surface area (Å²) in [6.45, 7) is 1.97. The Kier molecular flexibility index (Phi) is 6.67. The summed E-state index contributed by atoms with van der Waals surface area (Å²) in [5.41, 5.74) is 4.99. The smallest absolute Gasteiger partial charge is 0.256 e. The topological polar surface area (TPSA) is 91.6 Å². The number of nitrogen functional groups attached to an aromatic ring is 1. The van der Waals surface area contributed by atoms with E-state index in [0.717, 1.165) is 28.1 Å². The van der Waals surface area contributed by atoms with Crippen molar-refractivity contribution in [2.75, 3.05) is 29.2 Å². The molecule has 0 unspecified atom stereocenters. The van der Waals surface area contributed by atoms with E-state index in [1.54, 1.807) is 0 Å². The summed E-state index contributed by atoms with van der Waals surface area (Å²) in [4.78, 5) is 5.15. The lowest BCUT2D eigenvalue weighted by Crippen LogP contribution is -2.29. The third-order valence-electron chi connectivity index (χ3n) is 4.60. The molecule has 10 heteroatoms. The first-order valence-corrected chi connectivity index (χ1v) is 9.85. The molecular weight excluding hydrogens is 438 g/mol. The quantitative estimate of drug-likeness (QED) is 0.231. The number of rotatable bonds is 5. The number of fused-ring (bicyclic) bond motifs is 1. The second-order valence-electron chi connectivity index (χ2n) is 7.95. The minimum Gasteiger partial charge on any atom is -0.382 e. The first-order valence-electron chi connectivity index (χ1n) is 9.85. The molecule has 0 aliphatic rings. The van der Waals surface area contributed by atoms with E-state index in [1.807, 2.05) is 0 Å². The number of nitrogens with two attached hydrogens (primary N) is 2. The van der Waals surface area contributed by atoms with E-state index in [4.69, 9.17) is 11.6 Å². The van der Waals surface area contributed by atoms with Crippen molar-refractivity contribution >= 4 is 33.8 Å². The molecule has 5 N–H and O–H groups in total. The highest BCUT2D eigenvalue weighted by molar-refractivity contribution is 6.05. The highest BCUT2D eigenvalue weighted by Crippen LogP contribution is 2.40. The average molecular weight is 461 g/mol. The molecule has 0 saturated carbocycles. The Morgan fingerprint density at radius 1 is 1.18 bits per heavy atom. The van der Waals surface area contributed by atoms with Crippen molar-refractivity contribution in [1.82, 2.24) is 4.98 Å². The SMILES string of the molecule is CN(N)c1c(N)nc(N(CC(F)F)c2cc(F)cc(C#CC(C)(C)O)c2)c2c(F)cccc12. The van der Waals surface area contributed by atoms with E-state index in [9.17, 15) is 22.7 Å². The highest BCUT2D eigenvalue weighted by atomic mass is 19.3. The molecule has 0 atom stereocenters. The van der Waals surface area contributed by atoms with Crippen molar-refractivity contribution in [3.8, 4) is 11.8 Å². The third kappa shape index (κ3) is 5.45. The highest BCUT2D eigenvalue weighted by Gasteiger charge is 2.25. The number of anilines is 4. The number of pyridine rings is 1. The first-order chi connectivity index (χ1) is 15.4. The molecule has 0 radical (unpaired) electrons. The van der Waals surface area contributed by atoms with Crippen molar-refractivity contribution in [1.29, 1.82) is 0 Å². The van der Waals surface area contributed by atoms with Crippen molar-refractivity contribution in [3.63, 3.8) is 0 Å². The van der Waals surface area contributed by atoms with Gasteiger partial charge in [0, 0.05) is 23.7 Å². The van der Waals surface area contributed by atoms with Crippen LogP contribution in [0.4, 0.5) is 40.6 Å². The lowest BCUT2D eigenvalue weighted by atomic mass is 10.1. The number of halogens is 4. The Hall–Kier alpha value is -3.55. The van der Waals surface area contributed by atoms with E-state index in [2.05, 4.69) is 16.8 Å². The molecular formula is C23H23F4N5O. The molecule has 0 fully saturated rings. The van der Waals surface area contributed by atoms with Gasteiger partial charge in [0.2, 0.25) is 0 Å². The van der Waals surface area contributed by atoms with Crippen LogP contribution in [0.1, 0.15) is 19.4 Å². The fraction of sp³-hybridized carbons (Fsp3) is 0.261. The van der Waals surface area contributed by atoms with Gasteiger partial charge in [-0.2, -0.15) is 0 Å². The van der Waals surface area contributed by atoms with Crippen LogP contribution in [0, 0.1) is 23.5 Å². The normalized spacial score (nSPS) is 11.5. The lowest BCUT2D eigenvalue weighted by molar-refractivity contribution is 0.143. The first kappa shape index (κ1) is 24.1. The molecule has 1 aromatic heterocycles. The number of hydrazine groups is 1. The minimum atomic E-state index is -2.87. The Bertz CT molecular complexity index is 1250. The predicted molar refractivity (Wildman–Crippen MR) is 121 cm³/mol. The van der Waals surface area contributed by atoms with Crippen molar-refractivity contribution in [3.05, 3.63) is 53.6 Å². The Labute approximate surface area is 188 Å². The molecule has 3 aromatic rings. The zero-order valence-electron chi connectivity index (χ0n) is 18.2. The number of benzene rings is 2. The Balaban J connectivity index is 2.31. The second kappa shape index (κ2) is 9.13. The van der Waals surface area contributed by atoms with Gasteiger partial charge >= 0.3 is 0 Å². The molecule has 0 amide bonds. The Morgan fingerprint density at radius 2 is 1.88 bits per heavy atom. The zero-order chi connectivity index (χ0) is 24.5. The molecule has 2 aromatic carbocycles. The molecule has 3 rings (SSSR count). The van der Waals surface area contributed by atoms with Crippen molar-refractivity contribution in [2.24, 2.45) is 5.84 Å². The monoisotopic (exact) mass is 461 g/mol. The summed E-state index contributed by atoms with van der Waals surface area (Å²) in [5, 5.41) is 11.1. The summed E-state index contributed by atoms with van der Waals surface area (Å²) in [5.74, 6) is 9.13. The van der Waals surface area contributed by atoms with Gasteiger partial charge in [0.1, 0.15) is 28.7 Å². The molecule has 1 heterocycles. The van der Waals surface area contributed by atoms with Crippen LogP contribution in [-0.4, -0.2) is 35.7 Å². The Morgan fingerprint density at radius 3 is 2.48 bits per heavy atom. The maximum absolute atomic E-state index is 15.0. The molecule has 174 valence electrons. The number of alkyl halides is 2. The maximum atomic E-state index is 15.0. The van der Waals surface area contributed by atoms with Gasteiger partial charge < -0.3 is 20.7 Å². The standard InChI is InChI=1S/C23H23F4N5O/c1-23(2,33)8-7-13-9-14(24)11-15(10-13)32(12-18(26)27)22-19-16(5-4-6-17(19)25)20(31(3)29)21(28)30-22/h4-6,9-11,18,33H,12,29H2,1-3H3,(H2,28,30). The number of aromatic nitrogens is 1. The molecule has 0 aliphatic carbocycles. The van der Waals surface area contributed by atoms with Gasteiger partial charge in [-0.15, -0.1) is 0 Å². The number of hydrogen-bond donors (Lipinski definition) is 3. The van der Waals surface area contributed by atoms with Gasteiger partial charge in [-0.1, -0.05) is 24.0 Å². The maximum Gasteiger partial charge on any atom is 0.256 e. The van der Waals surface area contributed by atoms with E-state index in [1.165, 1.54) is 39.1 Å². The van der Waals surface area contributed by atoms with Crippen LogP contribution in [0.3, 0.4) is 0 Å². The summed E-state index contributed by atoms with van der Waals surface area (Å²) in [7, 11) is 1.48. The lowest BCUT2D eigenvalue weighted by Gasteiger charge is -2.27. The van der Waals surface area contributed by atoms with E-state index in [0.29, 0.717) is 0 Å². The third-order valence-corrected chi connectivity index (χ3v) is 4.60. The fourth-order valence-electron chi connectivity index (χ4n) is 3.36. The van der Waals surface area contributed by atoms with Crippen LogP contribution >= 0.6 is 0 Å². The minimum absolute atomic E-state index is 0.0411. The van der Waals surface area contributed by atoms with Gasteiger partial charge in [0.15, 0.2) is 5.82 Å². The largest absolute Gasteiger partial charge is 0.382 e. The second-order valence-corrected chi connectivity index (χ2v) is 7.95. The summed E-state index contributed by atoms with van der Waals surface area (Å²) >= 11 is 0. The summed E-state index contributed by atoms with van der Waals surface area (Å²) < 4.78 is 56.6. The van der Waals surface area contributed by atoms with Gasteiger partial charge in [-0.25, -0.2) is 28.4 Å². The van der Waals surface area contributed by atoms with Crippen LogP contribution in [0.5, 0.6) is 0 Å². The molecule has 6 nitrogen and oxygen atoms in total. The van der Waals surface area contributed by atoms with Crippen LogP contribution in [-0.2, 0) is 0 Å². The average Bonchev–Trinajstić information content (AvgIpc) is 2.68. The zero-order valence-corrected chi connectivity index (χ0v) is 18.2. The van der Waals surface area contributed by atoms with E-state index >= 15 is 0 Å². The number of nitrogens with zero attached hydrogens (tertiary/aromatic N) is 3. The number of aliphatic hydroxyl groups is 1. The molecule has 0 spiro atoms. The fourth-order valence-corrected chi connectivity index (χ4v) is 3.36. The molecule has 33 heavy (non-hydrogen) atoms. The van der Waals surface area contributed by atoms with Gasteiger partial charge in [0.05, 0.1) is 11.9 Å². The molecule has 0 saturated heterocycles. The van der Waals surface area contributed by atoms with Crippen LogP contribution in [0.25, 0.3) is 10.8 Å². The van der Waals surface area contributed by atoms with Crippen LogP contribution in [0.15, 0.2) is 36.4 Å². The van der Waals surface area contributed by atoms with Crippen molar-refractivity contribution in [2.45, 2.75) is 25.9 Å². The van der Waals surface area contributed by atoms with Crippen LogP contribution in [0.2, 0.25) is 0 Å². The summed E-state index contributed by atoms with van der Waals surface area (Å²) in [6, 6.07) is 7.55. The van der Waals surface area contributed by atoms with Gasteiger partial charge in [-0.3, -0.25) is 0 Å². The van der Waals surface area contributed by atoms with Crippen LogP contribution < -0.4 is 21.5 Å². The predicted octanol–water partition coefficient (Wildman–Crippen LogP) is 3.93. The van der Waals surface area contributed by atoms with Gasteiger partial charge in [0.25, 0.3) is 6.43 Å². The summed E-state index contributed by atoms with van der Waals surface area (Å²) in [6.07, 6.45) is -2.87. The van der Waals surface area contributed by atoms with E-state index in [-0.39, 0.29) is 39.3 Å². The van der Waals surface area contributed by atoms with Gasteiger partial charge in [-0.05, 0) is 38.1 Å². The van der Waals surface area contributed by atoms with Crippen molar-refractivity contribution < 1.29 is 22.7 Å². The van der Waals surface area contributed by atoms with E-state index < -0.39 is 30.2 Å². The molecule has 0 bridgehead atoms. The molecule has 0 aliphatic heterocycles. The number of hydrogen-bond acceptors (Lipinski definition) is 6.